The van der Waals surface area contributed by atoms with Crippen LogP contribution in [0.4, 0.5) is 10.5 Å². The Bertz CT molecular complexity index is 483. The molecule has 0 saturated carbocycles. The summed E-state index contributed by atoms with van der Waals surface area (Å²) in [7, 11) is 0. The monoisotopic (exact) mass is 235 g/mol. The summed E-state index contributed by atoms with van der Waals surface area (Å²) in [6, 6.07) is 4.58. The fourth-order valence-electron chi connectivity index (χ4n) is 2.13. The highest BCUT2D eigenvalue weighted by Gasteiger charge is 2.26. The minimum Gasteiger partial charge on any atom is -0.478 e. The van der Waals surface area contributed by atoms with Crippen LogP contribution in [0, 0.1) is 0 Å². The number of fused-ring (bicyclic) bond motifs is 1. The van der Waals surface area contributed by atoms with E-state index in [0.717, 1.165) is 5.56 Å². The van der Waals surface area contributed by atoms with Gasteiger partial charge in [-0.3, -0.25) is 4.90 Å². The molecule has 0 bridgehead atoms. The number of carboxylic acids is 1. The van der Waals surface area contributed by atoms with Gasteiger partial charge < -0.3 is 10.2 Å². The predicted molar refractivity (Wildman–Crippen MR) is 61.8 cm³/mol. The first-order valence-electron chi connectivity index (χ1n) is 5.38. The number of amides is 1. The molecule has 1 aliphatic rings. The van der Waals surface area contributed by atoms with Crippen molar-refractivity contribution in [3.63, 3.8) is 0 Å². The van der Waals surface area contributed by atoms with Gasteiger partial charge in [-0.05, 0) is 36.1 Å². The Hall–Kier alpha value is -2.04. The third-order valence-electron chi connectivity index (χ3n) is 3.11. The van der Waals surface area contributed by atoms with Gasteiger partial charge in [-0.15, -0.1) is 0 Å². The van der Waals surface area contributed by atoms with Crippen molar-refractivity contribution in [2.75, 3.05) is 11.4 Å². The Labute approximate surface area is 98.3 Å². The van der Waals surface area contributed by atoms with Gasteiger partial charge in [0.05, 0.1) is 11.3 Å². The maximum atomic E-state index is 11.1. The van der Waals surface area contributed by atoms with Crippen molar-refractivity contribution in [2.45, 2.75) is 19.3 Å². The molecule has 1 amide bonds. The molecule has 17 heavy (non-hydrogen) atoms. The van der Waals surface area contributed by atoms with Crippen molar-refractivity contribution in [1.82, 2.24) is 0 Å². The van der Waals surface area contributed by atoms with Crippen molar-refractivity contribution >= 4 is 17.7 Å². The summed E-state index contributed by atoms with van der Waals surface area (Å²) in [6.45, 7) is 2.43. The summed E-state index contributed by atoms with van der Waals surface area (Å²) < 4.78 is 0. The van der Waals surface area contributed by atoms with Crippen molar-refractivity contribution in [3.05, 3.63) is 29.3 Å². The van der Waals surface area contributed by atoms with Crippen molar-refractivity contribution in [3.8, 4) is 0 Å². The minimum atomic E-state index is -0.999. The van der Waals surface area contributed by atoms with E-state index >= 15 is 0 Å². The van der Waals surface area contributed by atoms with Gasteiger partial charge >= 0.3 is 12.1 Å². The van der Waals surface area contributed by atoms with Gasteiger partial charge in [-0.1, -0.05) is 6.92 Å². The van der Waals surface area contributed by atoms with E-state index in [4.69, 9.17) is 10.2 Å². The average Bonchev–Trinajstić information content (AvgIpc) is 2.28. The summed E-state index contributed by atoms with van der Waals surface area (Å²) in [4.78, 5) is 23.2. The number of hydrogen-bond donors (Lipinski definition) is 2. The zero-order valence-corrected chi connectivity index (χ0v) is 9.38. The van der Waals surface area contributed by atoms with E-state index in [2.05, 4.69) is 0 Å². The highest BCUT2D eigenvalue weighted by atomic mass is 16.4. The predicted octanol–water partition coefficient (Wildman–Crippen LogP) is 2.38. The molecule has 0 aromatic heterocycles. The zero-order valence-electron chi connectivity index (χ0n) is 9.38. The molecule has 0 radical (unpaired) electrons. The maximum Gasteiger partial charge on any atom is 0.411 e. The second-order valence-electron chi connectivity index (χ2n) is 4.20. The van der Waals surface area contributed by atoms with Crippen molar-refractivity contribution < 1.29 is 19.8 Å². The van der Waals surface area contributed by atoms with E-state index < -0.39 is 12.1 Å². The number of nitrogens with zero attached hydrogens (tertiary/aromatic N) is 1. The summed E-state index contributed by atoms with van der Waals surface area (Å²) in [5, 5.41) is 18.0. The summed E-state index contributed by atoms with van der Waals surface area (Å²) in [5.74, 6) is -0.813. The van der Waals surface area contributed by atoms with Crippen LogP contribution in [0.15, 0.2) is 18.2 Å². The van der Waals surface area contributed by atoms with Gasteiger partial charge in [0.15, 0.2) is 0 Å². The Kier molecular flexibility index (Phi) is 2.75. The Morgan fingerprint density at radius 3 is 2.65 bits per heavy atom. The molecule has 2 rings (SSSR count). The number of aromatic carboxylic acids is 1. The van der Waals surface area contributed by atoms with E-state index in [1.807, 2.05) is 6.92 Å². The first-order valence-corrected chi connectivity index (χ1v) is 5.38. The molecule has 1 aliphatic heterocycles. The molecule has 5 nitrogen and oxygen atoms in total. The van der Waals surface area contributed by atoms with E-state index in [1.54, 1.807) is 12.1 Å². The number of carboxylic acid groups (broad SMARTS) is 2. The fraction of sp³-hybridized carbons (Fsp3) is 0.333. The van der Waals surface area contributed by atoms with Crippen LogP contribution >= 0.6 is 0 Å². The van der Waals surface area contributed by atoms with Crippen LogP contribution in [0.25, 0.3) is 0 Å². The van der Waals surface area contributed by atoms with Crippen LogP contribution in [0.3, 0.4) is 0 Å². The molecule has 1 atom stereocenters. The first kappa shape index (κ1) is 11.4. The molecular formula is C12H13NO4. The largest absolute Gasteiger partial charge is 0.478 e. The first-order chi connectivity index (χ1) is 8.00. The number of benzene rings is 1. The molecule has 5 heteroatoms. The van der Waals surface area contributed by atoms with Crippen LogP contribution in [0.1, 0.15) is 35.2 Å². The lowest BCUT2D eigenvalue weighted by atomic mass is 9.90. The molecule has 1 aromatic carbocycles. The van der Waals surface area contributed by atoms with Gasteiger partial charge in [0.1, 0.15) is 0 Å². The third-order valence-corrected chi connectivity index (χ3v) is 3.11. The van der Waals surface area contributed by atoms with Gasteiger partial charge in [0, 0.05) is 6.54 Å². The van der Waals surface area contributed by atoms with E-state index in [-0.39, 0.29) is 11.5 Å². The number of rotatable bonds is 1. The standard InChI is InChI=1S/C12H13NO4/c1-7-4-5-13(12(16)17)10-3-2-8(11(14)15)6-9(7)10/h2-3,6-7H,4-5H2,1H3,(H,14,15)(H,16,17)/t7-/m0/s1. The van der Waals surface area contributed by atoms with Crippen molar-refractivity contribution in [2.24, 2.45) is 0 Å². The SMILES string of the molecule is C[C@H]1CCN(C(=O)O)c2ccc(C(=O)O)cc21. The second kappa shape index (κ2) is 4.08. The van der Waals surface area contributed by atoms with Gasteiger partial charge in [0.25, 0.3) is 0 Å². The van der Waals surface area contributed by atoms with Crippen LogP contribution in [-0.2, 0) is 0 Å². The smallest absolute Gasteiger partial charge is 0.411 e. The molecule has 0 fully saturated rings. The zero-order chi connectivity index (χ0) is 12.6. The quantitative estimate of drug-likeness (QED) is 0.783. The number of carbonyl (C=O) groups is 2. The topological polar surface area (TPSA) is 77.8 Å². The minimum absolute atomic E-state index is 0.180. The summed E-state index contributed by atoms with van der Waals surface area (Å²) >= 11 is 0. The molecule has 1 aromatic rings. The molecule has 0 aliphatic carbocycles. The molecule has 2 N–H and O–H groups in total. The molecule has 0 unspecified atom stereocenters. The molecule has 0 saturated heterocycles. The highest BCUT2D eigenvalue weighted by Crippen LogP contribution is 2.35. The van der Waals surface area contributed by atoms with Gasteiger partial charge in [-0.25, -0.2) is 9.59 Å². The lowest BCUT2D eigenvalue weighted by Gasteiger charge is -2.31. The highest BCUT2D eigenvalue weighted by molar-refractivity contribution is 5.92. The fourth-order valence-corrected chi connectivity index (χ4v) is 2.13. The second-order valence-corrected chi connectivity index (χ2v) is 4.20. The van der Waals surface area contributed by atoms with Gasteiger partial charge in [-0.2, -0.15) is 0 Å². The molecule has 90 valence electrons. The van der Waals surface area contributed by atoms with Crippen LogP contribution in [0.2, 0.25) is 0 Å². The van der Waals surface area contributed by atoms with Crippen LogP contribution < -0.4 is 4.90 Å². The Balaban J connectivity index is 2.51. The number of anilines is 1. The Morgan fingerprint density at radius 1 is 1.35 bits per heavy atom. The summed E-state index contributed by atoms with van der Waals surface area (Å²) in [6.07, 6.45) is -0.288. The van der Waals surface area contributed by atoms with Crippen LogP contribution in [0.5, 0.6) is 0 Å². The lowest BCUT2D eigenvalue weighted by Crippen LogP contribution is -2.35. The third kappa shape index (κ3) is 1.95. The van der Waals surface area contributed by atoms with Crippen molar-refractivity contribution in [1.29, 1.82) is 0 Å². The average molecular weight is 235 g/mol. The Morgan fingerprint density at radius 2 is 2.06 bits per heavy atom. The normalized spacial score (nSPS) is 18.6. The van der Waals surface area contributed by atoms with Crippen LogP contribution in [-0.4, -0.2) is 28.8 Å². The molecule has 1 heterocycles. The lowest BCUT2D eigenvalue weighted by molar-refractivity contribution is 0.0696. The van der Waals surface area contributed by atoms with Gasteiger partial charge in [0.2, 0.25) is 0 Å². The molecule has 0 spiro atoms. The maximum absolute atomic E-state index is 11.1. The number of hydrogen-bond acceptors (Lipinski definition) is 2. The summed E-state index contributed by atoms with van der Waals surface area (Å²) in [5.41, 5.74) is 1.59. The van der Waals surface area contributed by atoms with E-state index in [1.165, 1.54) is 11.0 Å². The van der Waals surface area contributed by atoms with E-state index in [0.29, 0.717) is 18.7 Å². The van der Waals surface area contributed by atoms with E-state index in [9.17, 15) is 9.59 Å². The molecular weight excluding hydrogens is 222 g/mol.